The summed E-state index contributed by atoms with van der Waals surface area (Å²) in [4.78, 5) is 51.2. The summed E-state index contributed by atoms with van der Waals surface area (Å²) < 4.78 is 0. The number of hydrogen-bond acceptors (Lipinski definition) is 4. The maximum Gasteiger partial charge on any atom is 0.327 e. The van der Waals surface area contributed by atoms with E-state index in [0.717, 1.165) is 16.0 Å². The molecule has 0 aliphatic carbocycles. The molecule has 152 valence electrons. The van der Waals surface area contributed by atoms with Crippen molar-refractivity contribution in [3.8, 4) is 0 Å². The van der Waals surface area contributed by atoms with Crippen molar-refractivity contribution in [3.63, 3.8) is 0 Å². The van der Waals surface area contributed by atoms with Crippen LogP contribution in [0.3, 0.4) is 0 Å². The van der Waals surface area contributed by atoms with Gasteiger partial charge >= 0.3 is 11.9 Å². The van der Waals surface area contributed by atoms with Gasteiger partial charge in [0.25, 0.3) is 11.8 Å². The van der Waals surface area contributed by atoms with E-state index >= 15 is 0 Å². The Labute approximate surface area is 164 Å². The lowest BCUT2D eigenvalue weighted by Gasteiger charge is -2.44. The van der Waals surface area contributed by atoms with Crippen LogP contribution in [0.5, 0.6) is 0 Å². The first-order chi connectivity index (χ1) is 12.6. The second-order valence-corrected chi connectivity index (χ2v) is 8.62. The van der Waals surface area contributed by atoms with Gasteiger partial charge in [-0.25, -0.2) is 4.79 Å². The molecule has 0 bridgehead atoms. The van der Waals surface area contributed by atoms with E-state index in [-0.39, 0.29) is 11.1 Å². The van der Waals surface area contributed by atoms with Crippen LogP contribution >= 0.6 is 0 Å². The number of rotatable bonds is 5. The molecule has 1 atom stereocenters. The first-order valence-electron chi connectivity index (χ1n) is 9.05. The van der Waals surface area contributed by atoms with Crippen molar-refractivity contribution in [1.82, 2.24) is 4.90 Å². The van der Waals surface area contributed by atoms with Crippen molar-refractivity contribution in [2.75, 3.05) is 0 Å². The van der Waals surface area contributed by atoms with Crippen LogP contribution < -0.4 is 0 Å². The van der Waals surface area contributed by atoms with Crippen LogP contribution in [0.15, 0.2) is 0 Å². The smallest absolute Gasteiger partial charge is 0.327 e. The molecule has 0 radical (unpaired) electrons. The number of hydrogen-bond donors (Lipinski definition) is 2. The molecule has 1 aliphatic heterocycles. The first-order valence-corrected chi connectivity index (χ1v) is 9.05. The molecule has 0 aromatic heterocycles. The normalized spacial score (nSPS) is 15.6. The number of fused-ring (bicyclic) bond motifs is 1. The van der Waals surface area contributed by atoms with Crippen molar-refractivity contribution >= 4 is 23.8 Å². The van der Waals surface area contributed by atoms with Crippen LogP contribution in [0.2, 0.25) is 0 Å². The highest BCUT2D eigenvalue weighted by molar-refractivity contribution is 6.24. The number of carbonyl (C=O) groups excluding carboxylic acids is 2. The van der Waals surface area contributed by atoms with E-state index in [2.05, 4.69) is 0 Å². The molecule has 0 saturated heterocycles. The second-order valence-electron chi connectivity index (χ2n) is 8.62. The first kappa shape index (κ1) is 21.6. The number of amides is 2. The molecular formula is C21H27NO6. The van der Waals surface area contributed by atoms with Crippen molar-refractivity contribution < 1.29 is 29.4 Å². The molecule has 2 N–H and O–H groups in total. The molecule has 2 amide bonds. The third kappa shape index (κ3) is 2.64. The Balaban J connectivity index is 2.76. The Kier molecular flexibility index (Phi) is 4.96. The van der Waals surface area contributed by atoms with Crippen molar-refractivity contribution in [2.45, 2.75) is 61.4 Å². The summed E-state index contributed by atoms with van der Waals surface area (Å²) in [5, 5.41) is 19.6. The quantitative estimate of drug-likeness (QED) is 0.749. The van der Waals surface area contributed by atoms with Gasteiger partial charge < -0.3 is 10.2 Å². The fourth-order valence-corrected chi connectivity index (χ4v) is 3.77. The largest absolute Gasteiger partial charge is 0.481 e. The highest BCUT2D eigenvalue weighted by Crippen LogP contribution is 2.46. The van der Waals surface area contributed by atoms with Gasteiger partial charge in [-0.15, -0.1) is 0 Å². The fraction of sp³-hybridized carbons (Fsp3) is 0.524. The van der Waals surface area contributed by atoms with Gasteiger partial charge in [-0.2, -0.15) is 0 Å². The van der Waals surface area contributed by atoms with E-state index in [1.54, 1.807) is 13.8 Å². The van der Waals surface area contributed by atoms with Gasteiger partial charge in [0.2, 0.25) is 0 Å². The third-order valence-corrected chi connectivity index (χ3v) is 6.87. The van der Waals surface area contributed by atoms with Gasteiger partial charge in [0, 0.05) is 5.41 Å². The Morgan fingerprint density at radius 1 is 0.786 bits per heavy atom. The lowest BCUT2D eigenvalue weighted by atomic mass is 9.63. The SMILES string of the molecule is Cc1c(C)c(C)c2c(c1C)C(=O)N(C(C(=O)O)C(C)(C)C(C)(C)C(=O)O)C2=O. The zero-order valence-electron chi connectivity index (χ0n) is 17.6. The molecule has 0 spiro atoms. The Morgan fingerprint density at radius 2 is 1.14 bits per heavy atom. The molecule has 2 rings (SSSR count). The van der Waals surface area contributed by atoms with Gasteiger partial charge in [0.1, 0.15) is 6.04 Å². The number of aliphatic carboxylic acids is 2. The summed E-state index contributed by atoms with van der Waals surface area (Å²) in [6, 6.07) is -1.63. The summed E-state index contributed by atoms with van der Waals surface area (Å²) in [6.45, 7) is 12.9. The number of carboxylic acids is 2. The molecule has 0 saturated carbocycles. The third-order valence-electron chi connectivity index (χ3n) is 6.87. The predicted octanol–water partition coefficient (Wildman–Crippen LogP) is 3.11. The lowest BCUT2D eigenvalue weighted by Crippen LogP contribution is -2.59. The maximum atomic E-state index is 13.2. The van der Waals surface area contributed by atoms with Gasteiger partial charge in [-0.3, -0.25) is 19.3 Å². The highest BCUT2D eigenvalue weighted by atomic mass is 16.4. The van der Waals surface area contributed by atoms with Gasteiger partial charge in [0.15, 0.2) is 0 Å². The number of nitrogens with zero attached hydrogens (tertiary/aromatic N) is 1. The molecule has 1 aromatic carbocycles. The molecule has 1 aromatic rings. The zero-order chi connectivity index (χ0) is 21.9. The molecule has 7 nitrogen and oxygen atoms in total. The average molecular weight is 389 g/mol. The molecule has 0 fully saturated rings. The van der Waals surface area contributed by atoms with Crippen LogP contribution in [0.1, 0.15) is 70.7 Å². The number of carbonyl (C=O) groups is 4. The Bertz CT molecular complexity index is 879. The van der Waals surface area contributed by atoms with Crippen LogP contribution in [-0.2, 0) is 9.59 Å². The lowest BCUT2D eigenvalue weighted by molar-refractivity contribution is -0.162. The number of carboxylic acid groups (broad SMARTS) is 2. The Morgan fingerprint density at radius 3 is 1.43 bits per heavy atom. The zero-order valence-corrected chi connectivity index (χ0v) is 17.6. The van der Waals surface area contributed by atoms with E-state index in [0.29, 0.717) is 11.1 Å². The van der Waals surface area contributed by atoms with E-state index in [9.17, 15) is 29.4 Å². The summed E-state index contributed by atoms with van der Waals surface area (Å²) in [6.07, 6.45) is 0. The van der Waals surface area contributed by atoms with Crippen LogP contribution in [0.25, 0.3) is 0 Å². The topological polar surface area (TPSA) is 112 Å². The van der Waals surface area contributed by atoms with Crippen molar-refractivity contribution in [1.29, 1.82) is 0 Å². The van der Waals surface area contributed by atoms with Gasteiger partial charge in [-0.1, -0.05) is 13.8 Å². The summed E-state index contributed by atoms with van der Waals surface area (Å²) >= 11 is 0. The monoisotopic (exact) mass is 389 g/mol. The number of benzene rings is 1. The van der Waals surface area contributed by atoms with Gasteiger partial charge in [0.05, 0.1) is 16.5 Å². The van der Waals surface area contributed by atoms with Crippen molar-refractivity contribution in [3.05, 3.63) is 33.4 Å². The summed E-state index contributed by atoms with van der Waals surface area (Å²) in [7, 11) is 0. The summed E-state index contributed by atoms with van der Waals surface area (Å²) in [5.74, 6) is -4.01. The molecular weight excluding hydrogens is 362 g/mol. The minimum Gasteiger partial charge on any atom is -0.481 e. The molecule has 7 heteroatoms. The van der Waals surface area contributed by atoms with Crippen LogP contribution in [-0.4, -0.2) is 44.9 Å². The second kappa shape index (κ2) is 6.43. The Hall–Kier alpha value is -2.70. The average Bonchev–Trinajstić information content (AvgIpc) is 2.82. The summed E-state index contributed by atoms with van der Waals surface area (Å²) in [5.41, 5.74) is 0.483. The standard InChI is InChI=1S/C21H27NO6/c1-9-10(2)12(4)14-13(11(9)3)16(23)22(17(14)24)15(18(25)26)20(5,6)21(7,8)19(27)28/h15H,1-8H3,(H,25,26)(H,27,28). The van der Waals surface area contributed by atoms with E-state index in [4.69, 9.17) is 0 Å². The molecule has 28 heavy (non-hydrogen) atoms. The molecule has 1 aliphatic rings. The van der Waals surface area contributed by atoms with E-state index in [1.807, 2.05) is 13.8 Å². The maximum absolute atomic E-state index is 13.2. The van der Waals surface area contributed by atoms with E-state index in [1.165, 1.54) is 27.7 Å². The molecule has 1 unspecified atom stereocenters. The predicted molar refractivity (Wildman–Crippen MR) is 103 cm³/mol. The highest BCUT2D eigenvalue weighted by Gasteiger charge is 2.57. The van der Waals surface area contributed by atoms with Crippen molar-refractivity contribution in [2.24, 2.45) is 10.8 Å². The molecule has 1 heterocycles. The van der Waals surface area contributed by atoms with Crippen LogP contribution in [0, 0.1) is 38.5 Å². The minimum atomic E-state index is -1.63. The van der Waals surface area contributed by atoms with E-state index < -0.39 is 40.6 Å². The van der Waals surface area contributed by atoms with Gasteiger partial charge in [-0.05, 0) is 63.8 Å². The minimum absolute atomic E-state index is 0.209. The number of imide groups is 1. The van der Waals surface area contributed by atoms with Crippen LogP contribution in [0.4, 0.5) is 0 Å². The fourth-order valence-electron chi connectivity index (χ4n) is 3.77.